The number of para-hydroxylation sites is 1. The average molecular weight is 458 g/mol. The van der Waals surface area contributed by atoms with Gasteiger partial charge in [-0.1, -0.05) is 43.3 Å². The standard InChI is InChI=1S/C29H31NO4/c1-4-17-34-26-12-9-21(10-13-26)22-11-14-27-25(18-22)19-23(29(31)33-3)15-16-30(27)20-24-7-5-6-8-28(24)32-2/h5-14,18-19H,4,15-17,20H2,1-3H3. The molecule has 0 saturated heterocycles. The summed E-state index contributed by atoms with van der Waals surface area (Å²) >= 11 is 0. The molecule has 0 N–H and O–H groups in total. The first-order valence-electron chi connectivity index (χ1n) is 11.7. The van der Waals surface area contributed by atoms with Crippen LogP contribution in [0.5, 0.6) is 11.5 Å². The first-order chi connectivity index (χ1) is 16.6. The highest BCUT2D eigenvalue weighted by Gasteiger charge is 2.21. The van der Waals surface area contributed by atoms with Crippen molar-refractivity contribution in [3.63, 3.8) is 0 Å². The number of anilines is 1. The molecule has 0 spiro atoms. The minimum Gasteiger partial charge on any atom is -0.496 e. The summed E-state index contributed by atoms with van der Waals surface area (Å²) in [7, 11) is 3.12. The second-order valence-electron chi connectivity index (χ2n) is 8.29. The highest BCUT2D eigenvalue weighted by Crippen LogP contribution is 2.35. The smallest absolute Gasteiger partial charge is 0.333 e. The van der Waals surface area contributed by atoms with Gasteiger partial charge in [-0.15, -0.1) is 0 Å². The Morgan fingerprint density at radius 1 is 0.971 bits per heavy atom. The Labute approximate surface area is 201 Å². The van der Waals surface area contributed by atoms with Gasteiger partial charge in [-0.25, -0.2) is 4.79 Å². The van der Waals surface area contributed by atoms with Gasteiger partial charge >= 0.3 is 5.97 Å². The van der Waals surface area contributed by atoms with Crippen LogP contribution in [0.4, 0.5) is 5.69 Å². The number of hydrogen-bond acceptors (Lipinski definition) is 5. The number of hydrogen-bond donors (Lipinski definition) is 0. The zero-order chi connectivity index (χ0) is 23.9. The Morgan fingerprint density at radius 3 is 2.47 bits per heavy atom. The van der Waals surface area contributed by atoms with Crippen molar-refractivity contribution in [2.45, 2.75) is 26.3 Å². The van der Waals surface area contributed by atoms with Gasteiger partial charge in [-0.2, -0.15) is 0 Å². The van der Waals surface area contributed by atoms with E-state index in [0.29, 0.717) is 31.7 Å². The molecular formula is C29H31NO4. The number of carbonyl (C=O) groups excluding carboxylic acids is 1. The van der Waals surface area contributed by atoms with Crippen molar-refractivity contribution >= 4 is 17.7 Å². The van der Waals surface area contributed by atoms with Crippen LogP contribution in [0.3, 0.4) is 0 Å². The third-order valence-corrected chi connectivity index (χ3v) is 6.01. The molecule has 1 heterocycles. The van der Waals surface area contributed by atoms with Crippen molar-refractivity contribution in [2.24, 2.45) is 0 Å². The molecule has 3 aromatic rings. The molecule has 1 aliphatic rings. The van der Waals surface area contributed by atoms with Gasteiger partial charge in [0.15, 0.2) is 0 Å². The van der Waals surface area contributed by atoms with Crippen molar-refractivity contribution in [3.8, 4) is 22.6 Å². The summed E-state index contributed by atoms with van der Waals surface area (Å²) in [5, 5.41) is 0. The number of fused-ring (bicyclic) bond motifs is 1. The maximum Gasteiger partial charge on any atom is 0.333 e. The molecule has 0 saturated carbocycles. The normalized spacial score (nSPS) is 12.9. The molecule has 0 aromatic heterocycles. The van der Waals surface area contributed by atoms with E-state index in [1.807, 2.05) is 36.4 Å². The molecule has 4 rings (SSSR count). The lowest BCUT2D eigenvalue weighted by molar-refractivity contribution is -0.136. The Hall–Kier alpha value is -3.73. The molecule has 5 nitrogen and oxygen atoms in total. The zero-order valence-corrected chi connectivity index (χ0v) is 20.0. The van der Waals surface area contributed by atoms with Gasteiger partial charge in [0.1, 0.15) is 11.5 Å². The summed E-state index contributed by atoms with van der Waals surface area (Å²) in [6, 6.07) is 22.6. The zero-order valence-electron chi connectivity index (χ0n) is 20.0. The first-order valence-corrected chi connectivity index (χ1v) is 11.7. The van der Waals surface area contributed by atoms with Crippen LogP contribution in [0.25, 0.3) is 17.2 Å². The van der Waals surface area contributed by atoms with E-state index >= 15 is 0 Å². The predicted molar refractivity (Wildman–Crippen MR) is 136 cm³/mol. The molecule has 0 unspecified atom stereocenters. The van der Waals surface area contributed by atoms with Crippen molar-refractivity contribution in [2.75, 3.05) is 32.3 Å². The molecule has 34 heavy (non-hydrogen) atoms. The predicted octanol–water partition coefficient (Wildman–Crippen LogP) is 6.12. The lowest BCUT2D eigenvalue weighted by atomic mass is 10.00. The Kier molecular flexibility index (Phi) is 7.53. The Morgan fingerprint density at radius 2 is 1.74 bits per heavy atom. The van der Waals surface area contributed by atoms with E-state index < -0.39 is 0 Å². The molecule has 0 fully saturated rings. The topological polar surface area (TPSA) is 48.0 Å². The van der Waals surface area contributed by atoms with E-state index in [1.165, 1.54) is 7.11 Å². The molecule has 0 amide bonds. The number of ether oxygens (including phenoxy) is 3. The summed E-state index contributed by atoms with van der Waals surface area (Å²) in [4.78, 5) is 14.7. The van der Waals surface area contributed by atoms with Crippen LogP contribution in [0.2, 0.25) is 0 Å². The van der Waals surface area contributed by atoms with Gasteiger partial charge in [0.25, 0.3) is 0 Å². The number of esters is 1. The highest BCUT2D eigenvalue weighted by molar-refractivity contribution is 5.96. The van der Waals surface area contributed by atoms with E-state index in [0.717, 1.165) is 45.9 Å². The largest absolute Gasteiger partial charge is 0.496 e. The lowest BCUT2D eigenvalue weighted by Gasteiger charge is -2.26. The van der Waals surface area contributed by atoms with Crippen molar-refractivity contribution in [1.82, 2.24) is 0 Å². The Balaban J connectivity index is 1.69. The number of benzene rings is 3. The van der Waals surface area contributed by atoms with Crippen LogP contribution in [-0.4, -0.2) is 33.3 Å². The van der Waals surface area contributed by atoms with E-state index in [2.05, 4.69) is 48.2 Å². The number of methoxy groups -OCH3 is 2. The van der Waals surface area contributed by atoms with Crippen LogP contribution in [0, 0.1) is 0 Å². The van der Waals surface area contributed by atoms with Crippen LogP contribution in [0.1, 0.15) is 30.9 Å². The third kappa shape index (κ3) is 5.25. The highest BCUT2D eigenvalue weighted by atomic mass is 16.5. The van der Waals surface area contributed by atoms with Gasteiger partial charge < -0.3 is 19.1 Å². The van der Waals surface area contributed by atoms with Crippen LogP contribution in [-0.2, 0) is 16.1 Å². The number of rotatable bonds is 8. The van der Waals surface area contributed by atoms with Crippen LogP contribution < -0.4 is 14.4 Å². The third-order valence-electron chi connectivity index (χ3n) is 6.01. The molecule has 0 aliphatic carbocycles. The van der Waals surface area contributed by atoms with E-state index in [4.69, 9.17) is 14.2 Å². The van der Waals surface area contributed by atoms with Crippen molar-refractivity contribution < 1.29 is 19.0 Å². The fourth-order valence-corrected chi connectivity index (χ4v) is 4.23. The molecule has 0 bridgehead atoms. The molecule has 0 radical (unpaired) electrons. The second kappa shape index (κ2) is 10.9. The quantitative estimate of drug-likeness (QED) is 0.382. The molecule has 176 valence electrons. The SMILES string of the molecule is CCCOc1ccc(-c2ccc3c(c2)C=C(C(=O)OC)CCN3Cc2ccccc2OC)cc1. The van der Waals surface area contributed by atoms with Crippen LogP contribution in [0.15, 0.2) is 72.3 Å². The van der Waals surface area contributed by atoms with E-state index in [-0.39, 0.29) is 5.97 Å². The maximum absolute atomic E-state index is 12.4. The van der Waals surface area contributed by atoms with Gasteiger partial charge in [0.05, 0.1) is 20.8 Å². The lowest BCUT2D eigenvalue weighted by Crippen LogP contribution is -2.24. The Bertz CT molecular complexity index is 1170. The summed E-state index contributed by atoms with van der Waals surface area (Å²) in [6.07, 6.45) is 3.55. The van der Waals surface area contributed by atoms with Crippen molar-refractivity contribution in [1.29, 1.82) is 0 Å². The molecule has 0 atom stereocenters. The van der Waals surface area contributed by atoms with Gasteiger partial charge in [0, 0.05) is 29.9 Å². The van der Waals surface area contributed by atoms with Gasteiger partial charge in [-0.05, 0) is 65.9 Å². The second-order valence-corrected chi connectivity index (χ2v) is 8.29. The minimum absolute atomic E-state index is 0.284. The van der Waals surface area contributed by atoms with Gasteiger partial charge in [0.2, 0.25) is 0 Å². The molecule has 1 aliphatic heterocycles. The van der Waals surface area contributed by atoms with Crippen LogP contribution >= 0.6 is 0 Å². The summed E-state index contributed by atoms with van der Waals surface area (Å²) in [6.45, 7) is 4.19. The molecule has 5 heteroatoms. The summed E-state index contributed by atoms with van der Waals surface area (Å²) in [5.74, 6) is 1.44. The number of nitrogens with zero attached hydrogens (tertiary/aromatic N) is 1. The minimum atomic E-state index is -0.284. The monoisotopic (exact) mass is 457 g/mol. The van der Waals surface area contributed by atoms with E-state index in [1.54, 1.807) is 7.11 Å². The summed E-state index contributed by atoms with van der Waals surface area (Å²) < 4.78 is 16.3. The first kappa shape index (κ1) is 23.4. The van der Waals surface area contributed by atoms with Crippen molar-refractivity contribution in [3.05, 3.63) is 83.4 Å². The maximum atomic E-state index is 12.4. The number of carbonyl (C=O) groups is 1. The molecular weight excluding hydrogens is 426 g/mol. The van der Waals surface area contributed by atoms with E-state index in [9.17, 15) is 4.79 Å². The fourth-order valence-electron chi connectivity index (χ4n) is 4.23. The average Bonchev–Trinajstić information content (AvgIpc) is 3.06. The summed E-state index contributed by atoms with van der Waals surface area (Å²) in [5.41, 5.74) is 6.03. The molecule has 3 aromatic carbocycles. The van der Waals surface area contributed by atoms with Gasteiger partial charge in [-0.3, -0.25) is 0 Å². The fraction of sp³-hybridized carbons (Fsp3) is 0.276.